The fourth-order valence-corrected chi connectivity index (χ4v) is 3.27. The molecule has 2 aromatic heterocycles. The molecule has 24 heavy (non-hydrogen) atoms. The summed E-state index contributed by atoms with van der Waals surface area (Å²) in [4.78, 5) is 11.8. The molecule has 0 saturated heterocycles. The molecule has 0 bridgehead atoms. The number of rotatable bonds is 3. The van der Waals surface area contributed by atoms with Crippen molar-refractivity contribution in [1.29, 1.82) is 0 Å². The van der Waals surface area contributed by atoms with Gasteiger partial charge < -0.3 is 0 Å². The number of aromatic nitrogens is 4. The number of nitrogens with one attached hydrogen (secondary N) is 1. The van der Waals surface area contributed by atoms with Gasteiger partial charge in [0, 0.05) is 54.6 Å². The summed E-state index contributed by atoms with van der Waals surface area (Å²) in [7, 11) is 0. The molecular formula is C19H21N5. The Labute approximate surface area is 141 Å². The second-order valence-electron chi connectivity index (χ2n) is 6.40. The summed E-state index contributed by atoms with van der Waals surface area (Å²) in [6.45, 7) is 6.99. The van der Waals surface area contributed by atoms with Crippen molar-refractivity contribution < 1.29 is 0 Å². The van der Waals surface area contributed by atoms with Crippen LogP contribution < -0.4 is 0 Å². The number of hydrogen-bond donors (Lipinski definition) is 1. The van der Waals surface area contributed by atoms with Crippen molar-refractivity contribution in [2.24, 2.45) is 0 Å². The number of H-pyrrole nitrogens is 1. The molecule has 0 amide bonds. The lowest BCUT2D eigenvalue weighted by atomic mass is 10.1. The van der Waals surface area contributed by atoms with Crippen molar-refractivity contribution in [2.75, 3.05) is 6.54 Å². The smallest absolute Gasteiger partial charge is 0.159 e. The first-order chi connectivity index (χ1) is 11.7. The van der Waals surface area contributed by atoms with Crippen LogP contribution >= 0.6 is 0 Å². The van der Waals surface area contributed by atoms with E-state index in [2.05, 4.69) is 46.1 Å². The predicted molar refractivity (Wildman–Crippen MR) is 93.3 cm³/mol. The first kappa shape index (κ1) is 15.0. The Morgan fingerprint density at radius 2 is 2.00 bits per heavy atom. The van der Waals surface area contributed by atoms with Crippen molar-refractivity contribution in [3.05, 3.63) is 64.7 Å². The molecule has 0 radical (unpaired) electrons. The van der Waals surface area contributed by atoms with Crippen LogP contribution in [0.15, 0.2) is 36.5 Å². The highest BCUT2D eigenvalue weighted by Gasteiger charge is 2.20. The van der Waals surface area contributed by atoms with Crippen molar-refractivity contribution in [3.63, 3.8) is 0 Å². The molecule has 3 heterocycles. The fraction of sp³-hybridized carbons (Fsp3) is 0.316. The van der Waals surface area contributed by atoms with E-state index >= 15 is 0 Å². The Morgan fingerprint density at radius 3 is 2.75 bits per heavy atom. The van der Waals surface area contributed by atoms with E-state index in [0.29, 0.717) is 0 Å². The van der Waals surface area contributed by atoms with Gasteiger partial charge in [-0.3, -0.25) is 10.00 Å². The first-order valence-corrected chi connectivity index (χ1v) is 8.33. The molecule has 3 aromatic rings. The molecule has 0 fully saturated rings. The van der Waals surface area contributed by atoms with Gasteiger partial charge in [0.1, 0.15) is 0 Å². The minimum atomic E-state index is 0.823. The molecule has 4 rings (SSSR count). The van der Waals surface area contributed by atoms with Gasteiger partial charge in [0.05, 0.1) is 11.4 Å². The van der Waals surface area contributed by atoms with Crippen LogP contribution in [0.1, 0.15) is 28.2 Å². The number of aromatic amines is 1. The third kappa shape index (κ3) is 2.83. The van der Waals surface area contributed by atoms with Crippen LogP contribution in [0, 0.1) is 13.8 Å². The number of fused-ring (bicyclic) bond motifs is 1. The Kier molecular flexibility index (Phi) is 3.86. The molecule has 122 valence electrons. The van der Waals surface area contributed by atoms with E-state index in [-0.39, 0.29) is 0 Å². The molecule has 1 aliphatic rings. The molecule has 1 N–H and O–H groups in total. The molecule has 0 unspecified atom stereocenters. The van der Waals surface area contributed by atoms with Crippen molar-refractivity contribution in [2.45, 2.75) is 33.4 Å². The Hall–Kier alpha value is -2.53. The van der Waals surface area contributed by atoms with E-state index < -0.39 is 0 Å². The van der Waals surface area contributed by atoms with Gasteiger partial charge in [0.25, 0.3) is 0 Å². The first-order valence-electron chi connectivity index (χ1n) is 8.33. The molecule has 0 aliphatic carbocycles. The zero-order chi connectivity index (χ0) is 16.5. The number of hydrogen-bond acceptors (Lipinski definition) is 4. The van der Waals surface area contributed by atoms with E-state index in [1.807, 2.05) is 24.4 Å². The molecule has 1 aliphatic heterocycles. The van der Waals surface area contributed by atoms with Gasteiger partial charge in [-0.15, -0.1) is 0 Å². The average Bonchev–Trinajstić information content (AvgIpc) is 2.94. The van der Waals surface area contributed by atoms with Crippen LogP contribution in [0.25, 0.3) is 11.4 Å². The van der Waals surface area contributed by atoms with Crippen LogP contribution in [0.5, 0.6) is 0 Å². The third-order valence-electron chi connectivity index (χ3n) is 4.71. The van der Waals surface area contributed by atoms with E-state index in [0.717, 1.165) is 48.8 Å². The molecule has 1 aromatic carbocycles. The number of benzene rings is 1. The summed E-state index contributed by atoms with van der Waals surface area (Å²) >= 11 is 0. The molecular weight excluding hydrogens is 298 g/mol. The van der Waals surface area contributed by atoms with Crippen LogP contribution in [0.3, 0.4) is 0 Å². The van der Waals surface area contributed by atoms with Crippen LogP contribution in [-0.4, -0.2) is 31.6 Å². The van der Waals surface area contributed by atoms with Gasteiger partial charge in [0.2, 0.25) is 0 Å². The summed E-state index contributed by atoms with van der Waals surface area (Å²) in [5.74, 6) is 0.823. The minimum Gasteiger partial charge on any atom is -0.294 e. The standard InChI is InChI=1S/C19H21N5/c1-13-17(14(2)23-22-13)12-24-9-8-18-16(11-24)10-20-19(21-18)15-6-4-3-5-7-15/h3-7,10H,8-9,11-12H2,1-2H3,(H,22,23). The van der Waals surface area contributed by atoms with E-state index in [1.165, 1.54) is 16.8 Å². The maximum absolute atomic E-state index is 4.79. The second-order valence-corrected chi connectivity index (χ2v) is 6.40. The Morgan fingerprint density at radius 1 is 1.17 bits per heavy atom. The van der Waals surface area contributed by atoms with Crippen molar-refractivity contribution >= 4 is 0 Å². The maximum Gasteiger partial charge on any atom is 0.159 e. The highest BCUT2D eigenvalue weighted by atomic mass is 15.2. The number of aryl methyl sites for hydroxylation is 2. The van der Waals surface area contributed by atoms with Crippen LogP contribution in [-0.2, 0) is 19.5 Å². The summed E-state index contributed by atoms with van der Waals surface area (Å²) in [5, 5.41) is 7.36. The van der Waals surface area contributed by atoms with Gasteiger partial charge >= 0.3 is 0 Å². The van der Waals surface area contributed by atoms with E-state index in [4.69, 9.17) is 4.98 Å². The van der Waals surface area contributed by atoms with Gasteiger partial charge in [-0.05, 0) is 13.8 Å². The van der Waals surface area contributed by atoms with E-state index in [9.17, 15) is 0 Å². The highest BCUT2D eigenvalue weighted by molar-refractivity contribution is 5.54. The molecule has 0 spiro atoms. The lowest BCUT2D eigenvalue weighted by molar-refractivity contribution is 0.242. The lowest BCUT2D eigenvalue weighted by Crippen LogP contribution is -2.31. The fourth-order valence-electron chi connectivity index (χ4n) is 3.27. The zero-order valence-electron chi connectivity index (χ0n) is 14.1. The zero-order valence-corrected chi connectivity index (χ0v) is 14.1. The van der Waals surface area contributed by atoms with Crippen molar-refractivity contribution in [1.82, 2.24) is 25.1 Å². The molecule has 5 nitrogen and oxygen atoms in total. The van der Waals surface area contributed by atoms with Gasteiger partial charge in [-0.1, -0.05) is 30.3 Å². The highest BCUT2D eigenvalue weighted by Crippen LogP contribution is 2.23. The quantitative estimate of drug-likeness (QED) is 0.806. The predicted octanol–water partition coefficient (Wildman–Crippen LogP) is 3.04. The third-order valence-corrected chi connectivity index (χ3v) is 4.71. The average molecular weight is 319 g/mol. The number of nitrogens with zero attached hydrogens (tertiary/aromatic N) is 4. The maximum atomic E-state index is 4.79. The Bertz CT molecular complexity index is 834. The summed E-state index contributed by atoms with van der Waals surface area (Å²) in [6.07, 6.45) is 2.96. The van der Waals surface area contributed by atoms with Gasteiger partial charge in [-0.2, -0.15) is 5.10 Å². The molecule has 5 heteroatoms. The van der Waals surface area contributed by atoms with E-state index in [1.54, 1.807) is 0 Å². The molecule has 0 atom stereocenters. The van der Waals surface area contributed by atoms with Crippen LogP contribution in [0.4, 0.5) is 0 Å². The molecule has 0 saturated carbocycles. The summed E-state index contributed by atoms with van der Waals surface area (Å²) in [6, 6.07) is 10.2. The SMILES string of the molecule is Cc1n[nH]c(C)c1CN1CCc2nc(-c3ccccc3)ncc2C1. The van der Waals surface area contributed by atoms with Gasteiger partial charge in [0.15, 0.2) is 5.82 Å². The Balaban J connectivity index is 1.54. The summed E-state index contributed by atoms with van der Waals surface area (Å²) < 4.78 is 0. The monoisotopic (exact) mass is 319 g/mol. The normalized spacial score (nSPS) is 14.6. The topological polar surface area (TPSA) is 57.7 Å². The van der Waals surface area contributed by atoms with Crippen LogP contribution in [0.2, 0.25) is 0 Å². The summed E-state index contributed by atoms with van der Waals surface area (Å²) in [5.41, 5.74) is 7.05. The second kappa shape index (κ2) is 6.17. The van der Waals surface area contributed by atoms with Crippen molar-refractivity contribution in [3.8, 4) is 11.4 Å². The van der Waals surface area contributed by atoms with Gasteiger partial charge in [-0.25, -0.2) is 9.97 Å². The minimum absolute atomic E-state index is 0.823. The largest absolute Gasteiger partial charge is 0.294 e. The lowest BCUT2D eigenvalue weighted by Gasteiger charge is -2.28.